The number of hydrogen-bond acceptors (Lipinski definition) is 7. The van der Waals surface area contributed by atoms with Crippen molar-refractivity contribution in [3.63, 3.8) is 0 Å². The minimum Gasteiger partial charge on any atom is -0.495 e. The highest BCUT2D eigenvalue weighted by molar-refractivity contribution is 7.92. The quantitative estimate of drug-likeness (QED) is 0.342. The molecule has 2 aliphatic rings. The van der Waals surface area contributed by atoms with Crippen LogP contribution in [0.25, 0.3) is 0 Å². The highest BCUT2D eigenvalue weighted by atomic mass is 32.2. The van der Waals surface area contributed by atoms with E-state index in [-0.39, 0.29) is 36.9 Å². The standard InChI is InChI=1S/C29H30F3N3O6S/c1-40-26-8-3-2-7-24(26)34-14-13-21(17-34)33-20-9-11-27-25(16-20)35(18-22(41-27)10-12-28(36)37)42(38,39)23-6-4-5-19(15-23)29(30,31)32/h2-9,11,15-16,21-22,33H,10,12-14,17-18H2,1H3,(H,36,37). The molecule has 1 fully saturated rings. The number of carboxylic acids is 1. The molecule has 2 unspecified atom stereocenters. The molecule has 2 atom stereocenters. The number of para-hydroxylation sites is 2. The van der Waals surface area contributed by atoms with Crippen molar-refractivity contribution >= 4 is 33.1 Å². The molecule has 0 radical (unpaired) electrons. The van der Waals surface area contributed by atoms with Crippen LogP contribution in [0.1, 0.15) is 24.8 Å². The lowest BCUT2D eigenvalue weighted by Gasteiger charge is -2.36. The van der Waals surface area contributed by atoms with Crippen LogP contribution in [0, 0.1) is 0 Å². The number of carbonyl (C=O) groups is 1. The van der Waals surface area contributed by atoms with Gasteiger partial charge in [-0.15, -0.1) is 0 Å². The van der Waals surface area contributed by atoms with Crippen LogP contribution in [-0.4, -0.2) is 58.4 Å². The zero-order valence-corrected chi connectivity index (χ0v) is 23.5. The number of hydrogen-bond donors (Lipinski definition) is 2. The molecule has 5 rings (SSSR count). The number of sulfonamides is 1. The Hall–Kier alpha value is -4.13. The Kier molecular flexibility index (Phi) is 8.13. The van der Waals surface area contributed by atoms with E-state index in [1.807, 2.05) is 24.3 Å². The van der Waals surface area contributed by atoms with Gasteiger partial charge in [0.2, 0.25) is 0 Å². The van der Waals surface area contributed by atoms with Crippen LogP contribution < -0.4 is 24.0 Å². The number of anilines is 3. The van der Waals surface area contributed by atoms with Crippen LogP contribution in [0.4, 0.5) is 30.2 Å². The molecule has 0 spiro atoms. The Balaban J connectivity index is 1.43. The molecule has 2 N–H and O–H groups in total. The monoisotopic (exact) mass is 605 g/mol. The van der Waals surface area contributed by atoms with Gasteiger partial charge >= 0.3 is 12.1 Å². The number of fused-ring (bicyclic) bond motifs is 1. The maximum atomic E-state index is 13.8. The zero-order valence-electron chi connectivity index (χ0n) is 22.7. The molecule has 2 aliphatic heterocycles. The molecule has 0 saturated carbocycles. The molecule has 0 bridgehead atoms. The molecule has 9 nitrogen and oxygen atoms in total. The molecule has 1 saturated heterocycles. The van der Waals surface area contributed by atoms with Gasteiger partial charge < -0.3 is 24.8 Å². The van der Waals surface area contributed by atoms with Gasteiger partial charge in [-0.25, -0.2) is 8.42 Å². The van der Waals surface area contributed by atoms with Gasteiger partial charge in [-0.2, -0.15) is 13.2 Å². The summed E-state index contributed by atoms with van der Waals surface area (Å²) in [7, 11) is -2.85. The van der Waals surface area contributed by atoms with E-state index in [9.17, 15) is 26.4 Å². The number of benzene rings is 3. The Morgan fingerprint density at radius 1 is 1.07 bits per heavy atom. The average molecular weight is 606 g/mol. The molecule has 3 aromatic carbocycles. The lowest BCUT2D eigenvalue weighted by Crippen LogP contribution is -2.43. The van der Waals surface area contributed by atoms with Crippen molar-refractivity contribution in [3.05, 3.63) is 72.3 Å². The first-order chi connectivity index (χ1) is 20.0. The minimum absolute atomic E-state index is 0.0181. The summed E-state index contributed by atoms with van der Waals surface area (Å²) < 4.78 is 80.2. The SMILES string of the molecule is COc1ccccc1N1CCC(Nc2ccc3c(c2)N(S(=O)(=O)c2cccc(C(F)(F)F)c2)CC(CCC(=O)O)O3)C1. The fourth-order valence-electron chi connectivity index (χ4n) is 5.25. The van der Waals surface area contributed by atoms with Crippen LogP contribution >= 0.6 is 0 Å². The van der Waals surface area contributed by atoms with Gasteiger partial charge in [0.15, 0.2) is 0 Å². The Bertz CT molecular complexity index is 1570. The summed E-state index contributed by atoms with van der Waals surface area (Å²) in [6, 6.07) is 16.2. The van der Waals surface area contributed by atoms with Crippen molar-refractivity contribution in [2.45, 2.75) is 42.5 Å². The first-order valence-corrected chi connectivity index (χ1v) is 14.8. The van der Waals surface area contributed by atoms with Gasteiger partial charge in [0.25, 0.3) is 10.0 Å². The summed E-state index contributed by atoms with van der Waals surface area (Å²) in [5, 5.41) is 12.6. The molecule has 2 heterocycles. The number of methoxy groups -OCH3 is 1. The lowest BCUT2D eigenvalue weighted by atomic mass is 10.1. The molecule has 3 aromatic rings. The second-order valence-electron chi connectivity index (χ2n) is 10.2. The zero-order chi connectivity index (χ0) is 30.1. The van der Waals surface area contributed by atoms with E-state index in [2.05, 4.69) is 10.2 Å². The number of aliphatic carboxylic acids is 1. The topological polar surface area (TPSA) is 108 Å². The summed E-state index contributed by atoms with van der Waals surface area (Å²) in [6.07, 6.45) is -4.98. The summed E-state index contributed by atoms with van der Waals surface area (Å²) in [4.78, 5) is 12.8. The number of nitrogens with one attached hydrogen (secondary N) is 1. The molecule has 13 heteroatoms. The normalized spacial score (nSPS) is 18.8. The number of alkyl halides is 3. The number of ether oxygens (including phenoxy) is 2. The molecular formula is C29H30F3N3O6S. The van der Waals surface area contributed by atoms with Crippen LogP contribution in [-0.2, 0) is 21.0 Å². The summed E-state index contributed by atoms with van der Waals surface area (Å²) in [6.45, 7) is 1.18. The Morgan fingerprint density at radius 2 is 1.86 bits per heavy atom. The van der Waals surface area contributed by atoms with Gasteiger partial charge in [0.1, 0.15) is 17.6 Å². The maximum Gasteiger partial charge on any atom is 0.416 e. The lowest BCUT2D eigenvalue weighted by molar-refractivity contribution is -0.138. The van der Waals surface area contributed by atoms with Crippen molar-refractivity contribution in [3.8, 4) is 11.5 Å². The number of halogens is 3. The minimum atomic E-state index is -4.73. The molecule has 42 heavy (non-hydrogen) atoms. The number of rotatable bonds is 9. The average Bonchev–Trinajstić information content (AvgIpc) is 3.43. The fraction of sp³-hybridized carbons (Fsp3) is 0.345. The largest absolute Gasteiger partial charge is 0.495 e. The van der Waals surface area contributed by atoms with E-state index in [0.29, 0.717) is 18.3 Å². The maximum absolute atomic E-state index is 13.8. The molecule has 0 aliphatic carbocycles. The molecule has 0 amide bonds. The van der Waals surface area contributed by atoms with E-state index >= 15 is 0 Å². The first kappa shape index (κ1) is 29.4. The van der Waals surface area contributed by atoms with Gasteiger partial charge in [-0.05, 0) is 61.4 Å². The Labute approximate surface area is 241 Å². The number of carboxylic acid groups (broad SMARTS) is 1. The van der Waals surface area contributed by atoms with E-state index < -0.39 is 38.7 Å². The second-order valence-corrected chi connectivity index (χ2v) is 12.0. The molecule has 224 valence electrons. The van der Waals surface area contributed by atoms with Crippen LogP contribution in [0.3, 0.4) is 0 Å². The first-order valence-electron chi connectivity index (χ1n) is 13.3. The van der Waals surface area contributed by atoms with Crippen molar-refractivity contribution in [1.82, 2.24) is 0 Å². The smallest absolute Gasteiger partial charge is 0.416 e. The number of nitrogens with zero attached hydrogens (tertiary/aromatic N) is 2. The van der Waals surface area contributed by atoms with Crippen molar-refractivity contribution < 1.29 is 41.0 Å². The van der Waals surface area contributed by atoms with Crippen molar-refractivity contribution in [2.75, 3.05) is 41.3 Å². The van der Waals surface area contributed by atoms with Gasteiger partial charge in [-0.3, -0.25) is 9.10 Å². The van der Waals surface area contributed by atoms with Gasteiger partial charge in [-0.1, -0.05) is 18.2 Å². The van der Waals surface area contributed by atoms with Gasteiger partial charge in [0, 0.05) is 31.2 Å². The van der Waals surface area contributed by atoms with E-state index in [4.69, 9.17) is 14.6 Å². The van der Waals surface area contributed by atoms with E-state index in [1.54, 1.807) is 25.3 Å². The van der Waals surface area contributed by atoms with Crippen LogP contribution in [0.15, 0.2) is 71.6 Å². The van der Waals surface area contributed by atoms with Gasteiger partial charge in [0.05, 0.1) is 35.5 Å². The third kappa shape index (κ3) is 6.20. The second kappa shape index (κ2) is 11.6. The third-order valence-electron chi connectivity index (χ3n) is 7.31. The van der Waals surface area contributed by atoms with E-state index in [1.165, 1.54) is 0 Å². The predicted molar refractivity (Wildman–Crippen MR) is 151 cm³/mol. The third-order valence-corrected chi connectivity index (χ3v) is 9.08. The molecular weight excluding hydrogens is 575 g/mol. The predicted octanol–water partition coefficient (Wildman–Crippen LogP) is 5.23. The van der Waals surface area contributed by atoms with Crippen LogP contribution in [0.2, 0.25) is 0 Å². The summed E-state index contributed by atoms with van der Waals surface area (Å²) >= 11 is 0. The molecule has 0 aromatic heterocycles. The highest BCUT2D eigenvalue weighted by Crippen LogP contribution is 2.41. The van der Waals surface area contributed by atoms with Crippen molar-refractivity contribution in [2.24, 2.45) is 0 Å². The van der Waals surface area contributed by atoms with E-state index in [0.717, 1.165) is 46.9 Å². The highest BCUT2D eigenvalue weighted by Gasteiger charge is 2.37. The summed E-state index contributed by atoms with van der Waals surface area (Å²) in [5.74, 6) is -0.119. The Morgan fingerprint density at radius 3 is 2.60 bits per heavy atom. The van der Waals surface area contributed by atoms with Crippen LogP contribution in [0.5, 0.6) is 11.5 Å². The fourth-order valence-corrected chi connectivity index (χ4v) is 6.79. The summed E-state index contributed by atoms with van der Waals surface area (Å²) in [5.41, 5.74) is 0.644. The van der Waals surface area contributed by atoms with Crippen molar-refractivity contribution in [1.29, 1.82) is 0 Å².